The smallest absolute Gasteiger partial charge is 0.233 e. The molecule has 1 aromatic rings. The topological polar surface area (TPSA) is 68.4 Å². The minimum absolute atomic E-state index is 0.0301. The molecule has 0 bridgehead atoms. The summed E-state index contributed by atoms with van der Waals surface area (Å²) in [7, 11) is 0. The summed E-state index contributed by atoms with van der Waals surface area (Å²) in [6, 6.07) is 0. The molecule has 1 saturated heterocycles. The fourth-order valence-corrected chi connectivity index (χ4v) is 4.52. The van der Waals surface area contributed by atoms with Gasteiger partial charge in [-0.25, -0.2) is 0 Å². The van der Waals surface area contributed by atoms with Crippen molar-refractivity contribution in [2.75, 3.05) is 18.1 Å². The van der Waals surface area contributed by atoms with E-state index in [1.54, 1.807) is 11.8 Å². The molecule has 2 aliphatic rings. The van der Waals surface area contributed by atoms with E-state index in [1.165, 1.54) is 0 Å². The van der Waals surface area contributed by atoms with E-state index in [2.05, 4.69) is 17.1 Å². The summed E-state index contributed by atoms with van der Waals surface area (Å²) < 4.78 is 11.5. The molecule has 1 aliphatic carbocycles. The molecule has 0 spiro atoms. The maximum Gasteiger partial charge on any atom is 0.233 e. The van der Waals surface area contributed by atoms with E-state index in [0.717, 1.165) is 43.1 Å². The van der Waals surface area contributed by atoms with Crippen LogP contribution in [-0.4, -0.2) is 39.5 Å². The zero-order valence-electron chi connectivity index (χ0n) is 12.7. The van der Waals surface area contributed by atoms with E-state index in [0.29, 0.717) is 18.3 Å². The highest BCUT2D eigenvalue weighted by Crippen LogP contribution is 2.42. The highest BCUT2D eigenvalue weighted by molar-refractivity contribution is 7.99. The van der Waals surface area contributed by atoms with Gasteiger partial charge in [-0.2, -0.15) is 16.7 Å². The maximum absolute atomic E-state index is 9.98. The van der Waals surface area contributed by atoms with E-state index in [9.17, 15) is 5.11 Å². The Morgan fingerprint density at radius 3 is 2.76 bits per heavy atom. The van der Waals surface area contributed by atoms with Gasteiger partial charge in [0.05, 0.1) is 12.0 Å². The molecule has 2 heterocycles. The Bertz CT molecular complexity index is 471. The van der Waals surface area contributed by atoms with Crippen molar-refractivity contribution in [1.29, 1.82) is 0 Å². The lowest BCUT2D eigenvalue weighted by molar-refractivity contribution is -0.0847. The summed E-state index contributed by atoms with van der Waals surface area (Å²) >= 11 is 1.73. The molecule has 6 heteroatoms. The average molecular weight is 312 g/mol. The summed E-state index contributed by atoms with van der Waals surface area (Å²) in [5.41, 5.74) is -0.389. The third-order valence-corrected chi connectivity index (χ3v) is 5.89. The van der Waals surface area contributed by atoms with Crippen molar-refractivity contribution >= 4 is 11.8 Å². The van der Waals surface area contributed by atoms with Gasteiger partial charge in [-0.3, -0.25) is 0 Å². The molecule has 118 valence electrons. The van der Waals surface area contributed by atoms with E-state index in [-0.39, 0.29) is 17.6 Å². The van der Waals surface area contributed by atoms with Gasteiger partial charge >= 0.3 is 0 Å². The molecule has 0 aromatic carbocycles. The van der Waals surface area contributed by atoms with Crippen LogP contribution in [0.5, 0.6) is 0 Å². The van der Waals surface area contributed by atoms with Crippen LogP contribution in [0.1, 0.15) is 57.2 Å². The number of thioether (sulfide) groups is 1. The Morgan fingerprint density at radius 1 is 1.38 bits per heavy atom. The number of nitrogens with zero attached hydrogens (tertiary/aromatic N) is 2. The largest absolute Gasteiger partial charge is 0.391 e. The van der Waals surface area contributed by atoms with E-state index < -0.39 is 0 Å². The second-order valence-corrected chi connectivity index (χ2v) is 7.35. The number of ether oxygens (including phenoxy) is 1. The molecule has 3 rings (SSSR count). The van der Waals surface area contributed by atoms with Gasteiger partial charge in [-0.15, -0.1) is 0 Å². The first kappa shape index (κ1) is 15.3. The first-order valence-corrected chi connectivity index (χ1v) is 9.04. The Hall–Kier alpha value is -0.590. The van der Waals surface area contributed by atoms with Crippen LogP contribution in [0.2, 0.25) is 0 Å². The third-order valence-electron chi connectivity index (χ3n) is 4.72. The quantitative estimate of drug-likeness (QED) is 0.922. The van der Waals surface area contributed by atoms with Gasteiger partial charge in [-0.1, -0.05) is 12.1 Å². The van der Waals surface area contributed by atoms with Crippen LogP contribution in [0.3, 0.4) is 0 Å². The van der Waals surface area contributed by atoms with Crippen molar-refractivity contribution in [3.05, 3.63) is 11.7 Å². The summed E-state index contributed by atoms with van der Waals surface area (Å²) in [4.78, 5) is 4.61. The lowest BCUT2D eigenvalue weighted by Crippen LogP contribution is -2.35. The standard InChI is InChI=1S/C15H24N2O3S/c1-3-19-15(6-4-10(2)5-7-15)14-16-13(20-17-14)11-8-21-9-12(11)18/h10-12,18H,3-9H2,1-2H3. The summed E-state index contributed by atoms with van der Waals surface area (Å²) in [6.07, 6.45) is 3.78. The van der Waals surface area contributed by atoms with Gasteiger partial charge in [0, 0.05) is 18.1 Å². The van der Waals surface area contributed by atoms with Gasteiger partial charge in [0.25, 0.3) is 0 Å². The Labute approximate surface area is 129 Å². The van der Waals surface area contributed by atoms with Crippen LogP contribution in [0, 0.1) is 5.92 Å². The van der Waals surface area contributed by atoms with Crippen molar-refractivity contribution in [3.8, 4) is 0 Å². The molecule has 2 fully saturated rings. The minimum Gasteiger partial charge on any atom is -0.391 e. The number of hydrogen-bond acceptors (Lipinski definition) is 6. The second-order valence-electron chi connectivity index (χ2n) is 6.28. The summed E-state index contributed by atoms with van der Waals surface area (Å²) in [6.45, 7) is 4.95. The number of rotatable bonds is 4. The molecule has 2 unspecified atom stereocenters. The Kier molecular flexibility index (Phi) is 4.57. The van der Waals surface area contributed by atoms with Crippen molar-refractivity contribution in [3.63, 3.8) is 0 Å². The predicted octanol–water partition coefficient (Wildman–Crippen LogP) is 2.70. The summed E-state index contributed by atoms with van der Waals surface area (Å²) in [5, 5.41) is 14.2. The Morgan fingerprint density at radius 2 is 2.14 bits per heavy atom. The normalized spacial score (nSPS) is 37.0. The maximum atomic E-state index is 9.98. The molecule has 1 saturated carbocycles. The van der Waals surface area contributed by atoms with Gasteiger partial charge in [0.15, 0.2) is 0 Å². The van der Waals surface area contributed by atoms with Gasteiger partial charge in [0.2, 0.25) is 11.7 Å². The molecular weight excluding hydrogens is 288 g/mol. The van der Waals surface area contributed by atoms with Crippen LogP contribution in [0.25, 0.3) is 0 Å². The second kappa shape index (κ2) is 6.26. The molecule has 1 aliphatic heterocycles. The lowest BCUT2D eigenvalue weighted by Gasteiger charge is -2.36. The third kappa shape index (κ3) is 2.98. The number of aliphatic hydroxyl groups excluding tert-OH is 1. The predicted molar refractivity (Wildman–Crippen MR) is 81.3 cm³/mol. The number of aromatic nitrogens is 2. The van der Waals surface area contributed by atoms with Crippen molar-refractivity contribution < 1.29 is 14.4 Å². The molecule has 0 radical (unpaired) electrons. The first-order chi connectivity index (χ1) is 10.1. The minimum atomic E-state index is -0.389. The van der Waals surface area contributed by atoms with Crippen molar-refractivity contribution in [2.45, 2.75) is 57.2 Å². The lowest BCUT2D eigenvalue weighted by atomic mass is 9.79. The van der Waals surface area contributed by atoms with Crippen LogP contribution in [-0.2, 0) is 10.3 Å². The van der Waals surface area contributed by atoms with Gasteiger partial charge < -0.3 is 14.4 Å². The van der Waals surface area contributed by atoms with Gasteiger partial charge in [0.1, 0.15) is 5.60 Å². The number of hydrogen-bond donors (Lipinski definition) is 1. The Balaban J connectivity index is 1.82. The highest BCUT2D eigenvalue weighted by atomic mass is 32.2. The van der Waals surface area contributed by atoms with Crippen LogP contribution >= 0.6 is 11.8 Å². The van der Waals surface area contributed by atoms with Crippen LogP contribution in [0.15, 0.2) is 4.52 Å². The van der Waals surface area contributed by atoms with E-state index in [1.807, 2.05) is 6.92 Å². The van der Waals surface area contributed by atoms with Crippen LogP contribution < -0.4 is 0 Å². The molecule has 21 heavy (non-hydrogen) atoms. The molecular formula is C15H24N2O3S. The fraction of sp³-hybridized carbons (Fsp3) is 0.867. The molecule has 1 aromatic heterocycles. The zero-order valence-corrected chi connectivity index (χ0v) is 13.6. The van der Waals surface area contributed by atoms with E-state index >= 15 is 0 Å². The fourth-order valence-electron chi connectivity index (χ4n) is 3.29. The zero-order chi connectivity index (χ0) is 14.9. The SMILES string of the molecule is CCOC1(c2noc(C3CSCC3O)n2)CCC(C)CC1. The first-order valence-electron chi connectivity index (χ1n) is 7.88. The highest BCUT2D eigenvalue weighted by Gasteiger charge is 2.42. The number of aliphatic hydroxyl groups is 1. The molecule has 0 amide bonds. The summed E-state index contributed by atoms with van der Waals surface area (Å²) in [5.74, 6) is 3.55. The monoisotopic (exact) mass is 312 g/mol. The molecule has 2 atom stereocenters. The van der Waals surface area contributed by atoms with Gasteiger partial charge in [-0.05, 0) is 38.5 Å². The van der Waals surface area contributed by atoms with E-state index in [4.69, 9.17) is 9.26 Å². The average Bonchev–Trinajstić information content (AvgIpc) is 3.10. The van der Waals surface area contributed by atoms with Crippen LogP contribution in [0.4, 0.5) is 0 Å². The molecule has 1 N–H and O–H groups in total. The molecule has 5 nitrogen and oxygen atoms in total. The van der Waals surface area contributed by atoms with Crippen molar-refractivity contribution in [1.82, 2.24) is 10.1 Å². The van der Waals surface area contributed by atoms with Crippen molar-refractivity contribution in [2.24, 2.45) is 5.92 Å².